The Morgan fingerprint density at radius 1 is 1.06 bits per heavy atom. The molecule has 0 aliphatic heterocycles. The van der Waals surface area contributed by atoms with Crippen molar-refractivity contribution >= 4 is 11.6 Å². The molecule has 4 nitrogen and oxygen atoms in total. The van der Waals surface area contributed by atoms with Crippen LogP contribution in [0, 0.1) is 11.3 Å². The Balaban J connectivity index is 2.63. The van der Waals surface area contributed by atoms with E-state index in [0.717, 1.165) is 11.1 Å². The van der Waals surface area contributed by atoms with E-state index in [1.54, 1.807) is 18.2 Å². The summed E-state index contributed by atoms with van der Waals surface area (Å²) < 4.78 is 0. The molecule has 0 bridgehead atoms. The third kappa shape index (κ3) is 1.79. The van der Waals surface area contributed by atoms with Gasteiger partial charge in [-0.2, -0.15) is 5.26 Å². The van der Waals surface area contributed by atoms with Gasteiger partial charge in [-0.25, -0.2) is 4.98 Å². The fourth-order valence-electron chi connectivity index (χ4n) is 1.56. The molecule has 0 spiro atoms. The first-order chi connectivity index (χ1) is 7.70. The topological polar surface area (TPSA) is 88.7 Å². The Labute approximate surface area is 93.1 Å². The van der Waals surface area contributed by atoms with Gasteiger partial charge in [0, 0.05) is 0 Å². The molecule has 0 aliphatic carbocycles. The lowest BCUT2D eigenvalue weighted by Crippen LogP contribution is -1.97. The number of pyridine rings is 1. The lowest BCUT2D eigenvalue weighted by atomic mass is 10.0. The monoisotopic (exact) mass is 210 g/mol. The van der Waals surface area contributed by atoms with Gasteiger partial charge in [0.25, 0.3) is 0 Å². The van der Waals surface area contributed by atoms with Crippen LogP contribution in [0.15, 0.2) is 36.4 Å². The number of benzene rings is 1. The minimum absolute atomic E-state index is 0.350. The van der Waals surface area contributed by atoms with E-state index in [1.807, 2.05) is 18.2 Å². The molecule has 0 atom stereocenters. The van der Waals surface area contributed by atoms with Gasteiger partial charge in [0.15, 0.2) is 0 Å². The van der Waals surface area contributed by atoms with E-state index < -0.39 is 0 Å². The summed E-state index contributed by atoms with van der Waals surface area (Å²) in [5.41, 5.74) is 13.4. The zero-order valence-electron chi connectivity index (χ0n) is 8.51. The molecule has 2 rings (SSSR count). The van der Waals surface area contributed by atoms with Gasteiger partial charge in [0.2, 0.25) is 0 Å². The first kappa shape index (κ1) is 9.99. The summed E-state index contributed by atoms with van der Waals surface area (Å²) >= 11 is 0. The van der Waals surface area contributed by atoms with Crippen LogP contribution in [0.4, 0.5) is 11.6 Å². The number of hydrogen-bond donors (Lipinski definition) is 2. The Kier molecular flexibility index (Phi) is 2.44. The van der Waals surface area contributed by atoms with Crippen molar-refractivity contribution in [1.82, 2.24) is 4.98 Å². The number of nitrogens with two attached hydrogens (primary N) is 2. The van der Waals surface area contributed by atoms with Gasteiger partial charge in [0.05, 0.1) is 11.6 Å². The fourth-order valence-corrected chi connectivity index (χ4v) is 1.56. The minimum Gasteiger partial charge on any atom is -0.384 e. The molecule has 1 aromatic carbocycles. The summed E-state index contributed by atoms with van der Waals surface area (Å²) in [5, 5.41) is 8.99. The third-order valence-electron chi connectivity index (χ3n) is 2.22. The zero-order valence-corrected chi connectivity index (χ0v) is 8.51. The molecule has 0 saturated carbocycles. The molecule has 0 fully saturated rings. The van der Waals surface area contributed by atoms with Gasteiger partial charge < -0.3 is 11.5 Å². The second-order valence-corrected chi connectivity index (χ2v) is 3.36. The lowest BCUT2D eigenvalue weighted by molar-refractivity contribution is 1.34. The summed E-state index contributed by atoms with van der Waals surface area (Å²) in [5.74, 6) is 0.700. The van der Waals surface area contributed by atoms with Crippen LogP contribution in [0.5, 0.6) is 0 Å². The van der Waals surface area contributed by atoms with Gasteiger partial charge in [-0.15, -0.1) is 0 Å². The van der Waals surface area contributed by atoms with Crippen molar-refractivity contribution in [1.29, 1.82) is 5.26 Å². The average Bonchev–Trinajstić information content (AvgIpc) is 2.27. The Morgan fingerprint density at radius 2 is 1.69 bits per heavy atom. The number of rotatable bonds is 1. The normalized spacial score (nSPS) is 9.69. The summed E-state index contributed by atoms with van der Waals surface area (Å²) in [7, 11) is 0. The molecule has 0 amide bonds. The summed E-state index contributed by atoms with van der Waals surface area (Å²) in [6, 6.07) is 12.8. The molecular formula is C12H10N4. The predicted octanol–water partition coefficient (Wildman–Crippen LogP) is 1.78. The molecule has 0 saturated heterocycles. The van der Waals surface area contributed by atoms with Gasteiger partial charge in [0.1, 0.15) is 11.6 Å². The lowest BCUT2D eigenvalue weighted by Gasteiger charge is -2.05. The molecule has 0 radical (unpaired) electrons. The first-order valence-electron chi connectivity index (χ1n) is 4.73. The highest BCUT2D eigenvalue weighted by Gasteiger charge is 2.05. The van der Waals surface area contributed by atoms with Gasteiger partial charge in [-0.1, -0.05) is 18.2 Å². The van der Waals surface area contributed by atoms with Crippen LogP contribution in [-0.4, -0.2) is 4.98 Å². The second kappa shape index (κ2) is 3.91. The summed E-state index contributed by atoms with van der Waals surface area (Å²) in [6.45, 7) is 0. The molecule has 4 N–H and O–H groups in total. The maximum absolute atomic E-state index is 8.99. The van der Waals surface area contributed by atoms with Crippen molar-refractivity contribution < 1.29 is 0 Å². The standard InChI is InChI=1S/C12H10N4/c13-7-8-3-1-2-4-10(8)9-5-11(14)16-12(15)6-9/h1-6H,(H4,14,15,16). The van der Waals surface area contributed by atoms with Crippen molar-refractivity contribution in [3.63, 3.8) is 0 Å². The molecule has 1 aromatic heterocycles. The highest BCUT2D eigenvalue weighted by atomic mass is 14.9. The quantitative estimate of drug-likeness (QED) is 0.750. The largest absolute Gasteiger partial charge is 0.384 e. The summed E-state index contributed by atoms with van der Waals surface area (Å²) in [6.07, 6.45) is 0. The maximum Gasteiger partial charge on any atom is 0.126 e. The molecule has 2 aromatic rings. The molecule has 0 aliphatic rings. The van der Waals surface area contributed by atoms with Crippen LogP contribution in [0.3, 0.4) is 0 Å². The van der Waals surface area contributed by atoms with E-state index in [4.69, 9.17) is 16.7 Å². The Hall–Kier alpha value is -2.54. The van der Waals surface area contributed by atoms with Crippen LogP contribution in [0.1, 0.15) is 5.56 Å². The van der Waals surface area contributed by atoms with E-state index in [1.165, 1.54) is 0 Å². The minimum atomic E-state index is 0.350. The highest BCUT2D eigenvalue weighted by Crippen LogP contribution is 2.25. The Morgan fingerprint density at radius 3 is 2.31 bits per heavy atom. The molecule has 4 heteroatoms. The van der Waals surface area contributed by atoms with Crippen LogP contribution < -0.4 is 11.5 Å². The van der Waals surface area contributed by atoms with Crippen molar-refractivity contribution in [2.24, 2.45) is 0 Å². The third-order valence-corrected chi connectivity index (χ3v) is 2.22. The van der Waals surface area contributed by atoms with Crippen LogP contribution >= 0.6 is 0 Å². The predicted molar refractivity (Wildman–Crippen MR) is 63.2 cm³/mol. The van der Waals surface area contributed by atoms with Crippen LogP contribution in [0.25, 0.3) is 11.1 Å². The molecule has 16 heavy (non-hydrogen) atoms. The highest BCUT2D eigenvalue weighted by molar-refractivity contribution is 5.74. The van der Waals surface area contributed by atoms with Gasteiger partial charge in [-0.05, 0) is 29.3 Å². The smallest absolute Gasteiger partial charge is 0.126 e. The summed E-state index contributed by atoms with van der Waals surface area (Å²) in [4.78, 5) is 3.89. The van der Waals surface area contributed by atoms with Crippen LogP contribution in [0.2, 0.25) is 0 Å². The number of nitrogens with zero attached hydrogens (tertiary/aromatic N) is 2. The number of nitrogen functional groups attached to an aromatic ring is 2. The SMILES string of the molecule is N#Cc1ccccc1-c1cc(N)nc(N)c1. The molecule has 78 valence electrons. The van der Waals surface area contributed by atoms with E-state index in [0.29, 0.717) is 17.2 Å². The van der Waals surface area contributed by atoms with Crippen molar-refractivity contribution in [2.75, 3.05) is 11.5 Å². The zero-order chi connectivity index (χ0) is 11.5. The Bertz CT molecular complexity index is 549. The number of nitriles is 1. The van der Waals surface area contributed by atoms with Crippen LogP contribution in [-0.2, 0) is 0 Å². The first-order valence-corrected chi connectivity index (χ1v) is 4.73. The van der Waals surface area contributed by atoms with E-state index >= 15 is 0 Å². The van der Waals surface area contributed by atoms with Crippen molar-refractivity contribution in [3.8, 4) is 17.2 Å². The molecule has 1 heterocycles. The van der Waals surface area contributed by atoms with Gasteiger partial charge in [-0.3, -0.25) is 0 Å². The number of hydrogen-bond acceptors (Lipinski definition) is 4. The van der Waals surface area contributed by atoms with Crippen molar-refractivity contribution in [3.05, 3.63) is 42.0 Å². The van der Waals surface area contributed by atoms with E-state index in [2.05, 4.69) is 11.1 Å². The number of aromatic nitrogens is 1. The van der Waals surface area contributed by atoms with Gasteiger partial charge >= 0.3 is 0 Å². The van der Waals surface area contributed by atoms with Crippen molar-refractivity contribution in [2.45, 2.75) is 0 Å². The van der Waals surface area contributed by atoms with E-state index in [9.17, 15) is 0 Å². The second-order valence-electron chi connectivity index (χ2n) is 3.36. The van der Waals surface area contributed by atoms with E-state index in [-0.39, 0.29) is 0 Å². The molecular weight excluding hydrogens is 200 g/mol. The number of anilines is 2. The maximum atomic E-state index is 8.99. The average molecular weight is 210 g/mol. The molecule has 0 unspecified atom stereocenters. The fraction of sp³-hybridized carbons (Fsp3) is 0.